The van der Waals surface area contributed by atoms with Crippen molar-refractivity contribution in [2.75, 3.05) is 13.2 Å². The SMILES string of the molecule is Cc1ncccc1CNC(C)C1CCOC1. The van der Waals surface area contributed by atoms with Crippen LogP contribution in [0.1, 0.15) is 24.6 Å². The Morgan fingerprint density at radius 1 is 1.62 bits per heavy atom. The Balaban J connectivity index is 1.84. The number of aryl methyl sites for hydroxylation is 1. The molecule has 16 heavy (non-hydrogen) atoms. The van der Waals surface area contributed by atoms with Crippen molar-refractivity contribution in [3.63, 3.8) is 0 Å². The molecule has 0 saturated carbocycles. The highest BCUT2D eigenvalue weighted by Gasteiger charge is 2.21. The van der Waals surface area contributed by atoms with Gasteiger partial charge in [-0.3, -0.25) is 4.98 Å². The lowest BCUT2D eigenvalue weighted by Gasteiger charge is -2.19. The van der Waals surface area contributed by atoms with Gasteiger partial charge in [-0.15, -0.1) is 0 Å². The zero-order valence-corrected chi connectivity index (χ0v) is 10.1. The summed E-state index contributed by atoms with van der Waals surface area (Å²) in [5.41, 5.74) is 2.40. The smallest absolute Gasteiger partial charge is 0.0509 e. The summed E-state index contributed by atoms with van der Waals surface area (Å²) in [5.74, 6) is 0.664. The second-order valence-electron chi connectivity index (χ2n) is 4.54. The minimum atomic E-state index is 0.516. The molecule has 0 aliphatic carbocycles. The van der Waals surface area contributed by atoms with Crippen molar-refractivity contribution in [1.82, 2.24) is 10.3 Å². The normalized spacial score (nSPS) is 22.2. The molecule has 0 amide bonds. The van der Waals surface area contributed by atoms with Crippen LogP contribution in [0.5, 0.6) is 0 Å². The molecular weight excluding hydrogens is 200 g/mol. The van der Waals surface area contributed by atoms with Gasteiger partial charge in [-0.25, -0.2) is 0 Å². The Bertz CT molecular complexity index is 334. The maximum Gasteiger partial charge on any atom is 0.0509 e. The molecule has 1 aromatic heterocycles. The molecule has 2 atom stereocenters. The first kappa shape index (κ1) is 11.6. The van der Waals surface area contributed by atoms with Crippen molar-refractivity contribution in [2.24, 2.45) is 5.92 Å². The van der Waals surface area contributed by atoms with Crippen molar-refractivity contribution in [3.8, 4) is 0 Å². The third-order valence-corrected chi connectivity index (χ3v) is 3.40. The lowest BCUT2D eigenvalue weighted by atomic mass is 10.0. The summed E-state index contributed by atoms with van der Waals surface area (Å²) in [7, 11) is 0. The topological polar surface area (TPSA) is 34.2 Å². The average molecular weight is 220 g/mol. The summed E-state index contributed by atoms with van der Waals surface area (Å²) in [6.45, 7) is 7.02. The highest BCUT2D eigenvalue weighted by atomic mass is 16.5. The van der Waals surface area contributed by atoms with Crippen LogP contribution in [-0.2, 0) is 11.3 Å². The van der Waals surface area contributed by atoms with Gasteiger partial charge in [-0.2, -0.15) is 0 Å². The van der Waals surface area contributed by atoms with E-state index in [0.717, 1.165) is 25.5 Å². The molecule has 1 fully saturated rings. The first-order chi connectivity index (χ1) is 7.77. The van der Waals surface area contributed by atoms with Crippen LogP contribution in [0.15, 0.2) is 18.3 Å². The molecule has 2 rings (SSSR count). The molecular formula is C13H20N2O. The molecule has 1 aliphatic heterocycles. The highest BCUT2D eigenvalue weighted by Crippen LogP contribution is 2.16. The van der Waals surface area contributed by atoms with Gasteiger partial charge in [0.1, 0.15) is 0 Å². The van der Waals surface area contributed by atoms with E-state index in [9.17, 15) is 0 Å². The standard InChI is InChI=1S/C13H20N2O/c1-10-12(4-3-6-14-10)8-15-11(2)13-5-7-16-9-13/h3-4,6,11,13,15H,5,7-9H2,1-2H3. The number of nitrogens with one attached hydrogen (secondary N) is 1. The van der Waals surface area contributed by atoms with Gasteiger partial charge < -0.3 is 10.1 Å². The summed E-state index contributed by atoms with van der Waals surface area (Å²) in [6, 6.07) is 4.64. The fourth-order valence-corrected chi connectivity index (χ4v) is 2.09. The second kappa shape index (κ2) is 5.41. The number of rotatable bonds is 4. The lowest BCUT2D eigenvalue weighted by Crippen LogP contribution is -2.33. The Morgan fingerprint density at radius 3 is 3.19 bits per heavy atom. The van der Waals surface area contributed by atoms with E-state index in [1.54, 1.807) is 0 Å². The quantitative estimate of drug-likeness (QED) is 0.841. The van der Waals surface area contributed by atoms with E-state index in [2.05, 4.69) is 30.2 Å². The lowest BCUT2D eigenvalue weighted by molar-refractivity contribution is 0.178. The van der Waals surface area contributed by atoms with Gasteiger partial charge in [0, 0.05) is 31.1 Å². The Kier molecular flexibility index (Phi) is 3.91. The van der Waals surface area contributed by atoms with Gasteiger partial charge in [0.05, 0.1) is 6.61 Å². The van der Waals surface area contributed by atoms with Crippen molar-refractivity contribution in [2.45, 2.75) is 32.9 Å². The van der Waals surface area contributed by atoms with Crippen LogP contribution < -0.4 is 5.32 Å². The van der Waals surface area contributed by atoms with Crippen molar-refractivity contribution in [3.05, 3.63) is 29.6 Å². The van der Waals surface area contributed by atoms with Crippen molar-refractivity contribution < 1.29 is 4.74 Å². The molecule has 3 nitrogen and oxygen atoms in total. The summed E-state index contributed by atoms with van der Waals surface area (Å²) in [4.78, 5) is 4.29. The number of aromatic nitrogens is 1. The summed E-state index contributed by atoms with van der Waals surface area (Å²) >= 11 is 0. The first-order valence-electron chi connectivity index (χ1n) is 5.99. The van der Waals surface area contributed by atoms with Crippen molar-refractivity contribution >= 4 is 0 Å². The van der Waals surface area contributed by atoms with Gasteiger partial charge >= 0.3 is 0 Å². The third-order valence-electron chi connectivity index (χ3n) is 3.40. The average Bonchev–Trinajstić information content (AvgIpc) is 2.81. The van der Waals surface area contributed by atoms with Crippen LogP contribution in [0.2, 0.25) is 0 Å². The second-order valence-corrected chi connectivity index (χ2v) is 4.54. The number of ether oxygens (including phenoxy) is 1. The summed E-state index contributed by atoms with van der Waals surface area (Å²) in [5, 5.41) is 3.56. The van der Waals surface area contributed by atoms with E-state index in [1.165, 1.54) is 12.0 Å². The maximum absolute atomic E-state index is 5.40. The molecule has 1 N–H and O–H groups in total. The predicted octanol–water partition coefficient (Wildman–Crippen LogP) is 1.90. The summed E-state index contributed by atoms with van der Waals surface area (Å²) in [6.07, 6.45) is 3.02. The molecule has 1 aromatic rings. The van der Waals surface area contributed by atoms with Gasteiger partial charge in [0.25, 0.3) is 0 Å². The van der Waals surface area contributed by atoms with E-state index in [-0.39, 0.29) is 0 Å². The van der Waals surface area contributed by atoms with Gasteiger partial charge in [-0.1, -0.05) is 6.07 Å². The fourth-order valence-electron chi connectivity index (χ4n) is 2.09. The van der Waals surface area contributed by atoms with E-state index < -0.39 is 0 Å². The van der Waals surface area contributed by atoms with E-state index in [0.29, 0.717) is 12.0 Å². The molecule has 0 radical (unpaired) electrons. The molecule has 3 heteroatoms. The van der Waals surface area contributed by atoms with E-state index >= 15 is 0 Å². The van der Waals surface area contributed by atoms with Crippen LogP contribution in [-0.4, -0.2) is 24.2 Å². The van der Waals surface area contributed by atoms with Crippen LogP contribution in [0.3, 0.4) is 0 Å². The molecule has 2 unspecified atom stereocenters. The first-order valence-corrected chi connectivity index (χ1v) is 5.99. The van der Waals surface area contributed by atoms with Crippen LogP contribution in [0.4, 0.5) is 0 Å². The Morgan fingerprint density at radius 2 is 2.50 bits per heavy atom. The Labute approximate surface area is 97.2 Å². The molecule has 0 bridgehead atoms. The number of hydrogen-bond acceptors (Lipinski definition) is 3. The van der Waals surface area contributed by atoms with Crippen molar-refractivity contribution in [1.29, 1.82) is 0 Å². The number of pyridine rings is 1. The highest BCUT2D eigenvalue weighted by molar-refractivity contribution is 5.17. The molecule has 88 valence electrons. The monoisotopic (exact) mass is 220 g/mol. The minimum Gasteiger partial charge on any atom is -0.381 e. The van der Waals surface area contributed by atoms with E-state index in [1.807, 2.05) is 12.3 Å². The van der Waals surface area contributed by atoms with Gasteiger partial charge in [0.15, 0.2) is 0 Å². The third kappa shape index (κ3) is 2.80. The van der Waals surface area contributed by atoms with Crippen LogP contribution in [0.25, 0.3) is 0 Å². The Hall–Kier alpha value is -0.930. The predicted molar refractivity (Wildman–Crippen MR) is 64.2 cm³/mol. The zero-order valence-electron chi connectivity index (χ0n) is 10.1. The van der Waals surface area contributed by atoms with E-state index in [4.69, 9.17) is 4.74 Å². The number of nitrogens with zero attached hydrogens (tertiary/aromatic N) is 1. The van der Waals surface area contributed by atoms with Gasteiger partial charge in [0.2, 0.25) is 0 Å². The van der Waals surface area contributed by atoms with Crippen LogP contribution in [0, 0.1) is 12.8 Å². The molecule has 0 spiro atoms. The molecule has 2 heterocycles. The fraction of sp³-hybridized carbons (Fsp3) is 0.615. The van der Waals surface area contributed by atoms with Gasteiger partial charge in [-0.05, 0) is 37.8 Å². The largest absolute Gasteiger partial charge is 0.381 e. The number of hydrogen-bond donors (Lipinski definition) is 1. The van der Waals surface area contributed by atoms with Crippen LogP contribution >= 0.6 is 0 Å². The molecule has 0 aromatic carbocycles. The summed E-state index contributed by atoms with van der Waals surface area (Å²) < 4.78 is 5.40. The zero-order chi connectivity index (χ0) is 11.4. The molecule has 1 saturated heterocycles. The molecule has 1 aliphatic rings. The minimum absolute atomic E-state index is 0.516. The maximum atomic E-state index is 5.40.